The van der Waals surface area contributed by atoms with E-state index in [1.165, 1.54) is 17.0 Å². The number of nitrogens with one attached hydrogen (secondary N) is 1. The lowest BCUT2D eigenvalue weighted by Crippen LogP contribution is -2.54. The Kier molecular flexibility index (Phi) is 7.70. The van der Waals surface area contributed by atoms with Gasteiger partial charge in [0.25, 0.3) is 17.5 Å². The maximum atomic E-state index is 13.9. The fourth-order valence-electron chi connectivity index (χ4n) is 5.27. The van der Waals surface area contributed by atoms with E-state index in [-0.39, 0.29) is 16.4 Å². The molecule has 2 heterocycles. The molecule has 1 fully saturated rings. The van der Waals surface area contributed by atoms with Crippen LogP contribution in [0.1, 0.15) is 18.1 Å². The fourth-order valence-corrected chi connectivity index (χ4v) is 5.55. The van der Waals surface area contributed by atoms with E-state index in [1.54, 1.807) is 18.2 Å². The second kappa shape index (κ2) is 11.9. The van der Waals surface area contributed by atoms with Gasteiger partial charge < -0.3 is 4.57 Å². The van der Waals surface area contributed by atoms with Crippen molar-refractivity contribution in [2.45, 2.75) is 13.3 Å². The third kappa shape index (κ3) is 5.32. The normalized spacial score (nSPS) is 14.2. The predicted octanol–water partition coefficient (Wildman–Crippen LogP) is 7.11. The molecule has 1 aliphatic heterocycles. The molecule has 216 valence electrons. The van der Waals surface area contributed by atoms with Gasteiger partial charge in [0.2, 0.25) is 0 Å². The molecular formula is C35H26N4O4S. The smallest absolute Gasteiger partial charge is 0.270 e. The summed E-state index contributed by atoms with van der Waals surface area (Å²) in [5.41, 5.74) is 6.04. The van der Waals surface area contributed by atoms with Crippen LogP contribution in [0.25, 0.3) is 34.3 Å². The molecule has 0 atom stereocenters. The number of aryl methyl sites for hydroxylation is 1. The van der Waals surface area contributed by atoms with Crippen LogP contribution in [-0.4, -0.2) is 26.4 Å². The molecule has 8 nitrogen and oxygen atoms in total. The van der Waals surface area contributed by atoms with Crippen molar-refractivity contribution in [3.05, 3.63) is 142 Å². The molecule has 0 radical (unpaired) electrons. The van der Waals surface area contributed by atoms with Gasteiger partial charge in [0.15, 0.2) is 5.11 Å². The molecule has 0 saturated carbocycles. The average Bonchev–Trinajstić information content (AvgIpc) is 3.43. The van der Waals surface area contributed by atoms with E-state index in [0.717, 1.165) is 28.8 Å². The first kappa shape index (κ1) is 28.4. The lowest BCUT2D eigenvalue weighted by Gasteiger charge is -2.29. The van der Waals surface area contributed by atoms with Gasteiger partial charge in [-0.25, -0.2) is 0 Å². The molecule has 0 aliphatic carbocycles. The molecule has 44 heavy (non-hydrogen) atoms. The first-order chi connectivity index (χ1) is 21.4. The van der Waals surface area contributed by atoms with Crippen LogP contribution < -0.4 is 10.2 Å². The molecule has 2 amide bonds. The van der Waals surface area contributed by atoms with Gasteiger partial charge in [-0.05, 0) is 71.7 Å². The van der Waals surface area contributed by atoms with E-state index in [4.69, 9.17) is 12.2 Å². The van der Waals surface area contributed by atoms with Crippen molar-refractivity contribution in [1.82, 2.24) is 9.88 Å². The minimum atomic E-state index is -0.593. The second-order valence-corrected chi connectivity index (χ2v) is 10.5. The van der Waals surface area contributed by atoms with E-state index < -0.39 is 16.7 Å². The number of carbonyl (C=O) groups is 2. The Hall–Kier alpha value is -5.67. The van der Waals surface area contributed by atoms with E-state index in [9.17, 15) is 19.7 Å². The Morgan fingerprint density at radius 2 is 1.41 bits per heavy atom. The molecule has 0 unspecified atom stereocenters. The molecule has 0 bridgehead atoms. The summed E-state index contributed by atoms with van der Waals surface area (Å²) < 4.78 is 1.98. The highest BCUT2D eigenvalue weighted by Gasteiger charge is 2.35. The number of amides is 2. The zero-order valence-corrected chi connectivity index (χ0v) is 24.5. The van der Waals surface area contributed by atoms with Crippen molar-refractivity contribution >= 4 is 46.6 Å². The zero-order valence-electron chi connectivity index (χ0n) is 23.6. The summed E-state index contributed by atoms with van der Waals surface area (Å²) in [4.78, 5) is 39.5. The zero-order chi connectivity index (χ0) is 30.8. The Morgan fingerprint density at radius 1 is 0.818 bits per heavy atom. The van der Waals surface area contributed by atoms with Gasteiger partial charge in [-0.1, -0.05) is 79.7 Å². The first-order valence-corrected chi connectivity index (χ1v) is 14.4. The van der Waals surface area contributed by atoms with Crippen molar-refractivity contribution in [3.8, 4) is 28.2 Å². The third-order valence-electron chi connectivity index (χ3n) is 7.47. The van der Waals surface area contributed by atoms with Crippen molar-refractivity contribution in [2.24, 2.45) is 0 Å². The Morgan fingerprint density at radius 3 is 2.00 bits per heavy atom. The monoisotopic (exact) mass is 598 g/mol. The van der Waals surface area contributed by atoms with Gasteiger partial charge in [-0.15, -0.1) is 0 Å². The molecule has 1 aliphatic rings. The number of carbonyl (C=O) groups excluding carboxylic acids is 2. The summed E-state index contributed by atoms with van der Waals surface area (Å²) in [5.74, 6) is -1.13. The number of rotatable bonds is 7. The number of anilines is 1. The summed E-state index contributed by atoms with van der Waals surface area (Å²) in [7, 11) is 0. The molecule has 4 aromatic carbocycles. The highest BCUT2D eigenvalue weighted by molar-refractivity contribution is 7.80. The predicted molar refractivity (Wildman–Crippen MR) is 175 cm³/mol. The average molecular weight is 599 g/mol. The minimum absolute atomic E-state index is 0.0121. The van der Waals surface area contributed by atoms with Crippen molar-refractivity contribution in [1.29, 1.82) is 0 Å². The Balaban J connectivity index is 1.57. The van der Waals surface area contributed by atoms with Crippen molar-refractivity contribution in [2.75, 3.05) is 4.90 Å². The van der Waals surface area contributed by atoms with Crippen molar-refractivity contribution in [3.63, 3.8) is 0 Å². The van der Waals surface area contributed by atoms with E-state index >= 15 is 0 Å². The molecule has 6 rings (SSSR count). The molecule has 1 saturated heterocycles. The summed E-state index contributed by atoms with van der Waals surface area (Å²) >= 11 is 5.42. The molecule has 1 N–H and O–H groups in total. The van der Waals surface area contributed by atoms with Gasteiger partial charge >= 0.3 is 0 Å². The third-order valence-corrected chi connectivity index (χ3v) is 7.75. The summed E-state index contributed by atoms with van der Waals surface area (Å²) in [6.07, 6.45) is 2.43. The lowest BCUT2D eigenvalue weighted by atomic mass is 10.0. The lowest BCUT2D eigenvalue weighted by molar-refractivity contribution is -0.384. The van der Waals surface area contributed by atoms with Crippen LogP contribution in [0.3, 0.4) is 0 Å². The molecule has 0 spiro atoms. The highest BCUT2D eigenvalue weighted by Crippen LogP contribution is 2.38. The molecule has 5 aromatic rings. The summed E-state index contributed by atoms with van der Waals surface area (Å²) in [5, 5.41) is 14.1. The molecular weight excluding hydrogens is 572 g/mol. The number of aromatic nitrogens is 1. The van der Waals surface area contributed by atoms with Crippen LogP contribution in [0, 0.1) is 10.1 Å². The highest BCUT2D eigenvalue weighted by atomic mass is 32.1. The van der Waals surface area contributed by atoms with Crippen LogP contribution in [0.2, 0.25) is 0 Å². The number of nitro groups is 1. The number of hydrogen-bond donors (Lipinski definition) is 1. The van der Waals surface area contributed by atoms with Crippen LogP contribution in [0.15, 0.2) is 121 Å². The van der Waals surface area contributed by atoms with Crippen LogP contribution in [0.4, 0.5) is 11.4 Å². The van der Waals surface area contributed by atoms with Gasteiger partial charge in [0.1, 0.15) is 5.57 Å². The van der Waals surface area contributed by atoms with Gasteiger partial charge in [-0.3, -0.25) is 29.9 Å². The van der Waals surface area contributed by atoms with Crippen molar-refractivity contribution < 1.29 is 14.5 Å². The maximum Gasteiger partial charge on any atom is 0.270 e. The van der Waals surface area contributed by atoms with Crippen LogP contribution >= 0.6 is 12.2 Å². The maximum absolute atomic E-state index is 13.9. The minimum Gasteiger partial charge on any atom is -0.309 e. The number of benzene rings is 4. The number of nitro benzene ring substituents is 1. The van der Waals surface area contributed by atoms with Gasteiger partial charge in [0, 0.05) is 23.4 Å². The summed E-state index contributed by atoms with van der Waals surface area (Å²) in [6.45, 7) is 2.05. The Labute approximate surface area is 259 Å². The van der Waals surface area contributed by atoms with Crippen LogP contribution in [0.5, 0.6) is 0 Å². The summed E-state index contributed by atoms with van der Waals surface area (Å²) in [6, 6.07) is 34.9. The van der Waals surface area contributed by atoms with E-state index in [2.05, 4.69) is 5.32 Å². The van der Waals surface area contributed by atoms with Crippen LogP contribution in [-0.2, 0) is 16.0 Å². The SMILES string of the molecule is CCc1ccc(N2C(=O)/C(=C\c3cc(-c4ccccc4)n(-c4ccc([N+](=O)[O-])cc4)c3-c3ccccc3)C(=O)NC2=S)cc1. The van der Waals surface area contributed by atoms with Gasteiger partial charge in [-0.2, -0.15) is 0 Å². The number of nitrogens with zero attached hydrogens (tertiary/aromatic N) is 3. The standard InChI is InChI=1S/C35H26N4O4S/c1-2-23-13-15-28(16-14-23)38-34(41)30(33(40)36-35(38)44)21-26-22-31(24-9-5-3-6-10-24)37(32(26)25-11-7-4-8-12-25)27-17-19-29(20-18-27)39(42)43/h3-22H,2H2,1H3,(H,36,40,44)/b30-21-. The molecule has 1 aromatic heterocycles. The number of non-ortho nitro benzene ring substituents is 1. The first-order valence-electron chi connectivity index (χ1n) is 14.0. The fraction of sp³-hybridized carbons (Fsp3) is 0.0571. The number of thiocarbonyl (C=S) groups is 1. The topological polar surface area (TPSA) is 97.5 Å². The van der Waals surface area contributed by atoms with E-state index in [1.807, 2.05) is 102 Å². The second-order valence-electron chi connectivity index (χ2n) is 10.2. The quantitative estimate of drug-likeness (QED) is 0.0708. The number of hydrogen-bond acceptors (Lipinski definition) is 5. The van der Waals surface area contributed by atoms with Gasteiger partial charge in [0.05, 0.1) is 22.0 Å². The van der Waals surface area contributed by atoms with E-state index in [0.29, 0.717) is 22.6 Å². The largest absolute Gasteiger partial charge is 0.309 e. The Bertz CT molecular complexity index is 1930. The molecule has 9 heteroatoms.